The first-order valence-corrected chi connectivity index (χ1v) is 4.47. The number of nitrogens with zero attached hydrogens (tertiary/aromatic N) is 2. The summed E-state index contributed by atoms with van der Waals surface area (Å²) in [5, 5.41) is 15.2. The summed E-state index contributed by atoms with van der Waals surface area (Å²) in [7, 11) is 0. The van der Waals surface area contributed by atoms with Crippen LogP contribution in [0.3, 0.4) is 0 Å². The zero-order chi connectivity index (χ0) is 11.8. The number of rotatable bonds is 4. The molecule has 16 heavy (non-hydrogen) atoms. The van der Waals surface area contributed by atoms with Crippen LogP contribution in [-0.4, -0.2) is 40.3 Å². The number of carbonyl (C=O) groups excluding carboxylic acids is 1. The topological polar surface area (TPSA) is 116 Å². The van der Waals surface area contributed by atoms with Crippen LogP contribution in [0.25, 0.3) is 0 Å². The van der Waals surface area contributed by atoms with Gasteiger partial charge in [0.2, 0.25) is 5.95 Å². The second kappa shape index (κ2) is 6.17. The lowest BCUT2D eigenvalue weighted by molar-refractivity contribution is 0.194. The van der Waals surface area contributed by atoms with Crippen molar-refractivity contribution in [3.05, 3.63) is 18.5 Å². The minimum Gasteiger partial charge on any atom is -0.465 e. The molecule has 1 aromatic rings. The van der Waals surface area contributed by atoms with Gasteiger partial charge in [-0.05, 0) is 6.07 Å². The van der Waals surface area contributed by atoms with Gasteiger partial charge in [0, 0.05) is 25.5 Å². The van der Waals surface area contributed by atoms with Gasteiger partial charge in [-0.1, -0.05) is 0 Å². The van der Waals surface area contributed by atoms with Crippen molar-refractivity contribution in [2.75, 3.05) is 18.4 Å². The van der Waals surface area contributed by atoms with Crippen LogP contribution in [0.2, 0.25) is 0 Å². The van der Waals surface area contributed by atoms with E-state index in [1.807, 2.05) is 0 Å². The smallest absolute Gasteiger partial charge is 0.404 e. The molecule has 0 fully saturated rings. The van der Waals surface area contributed by atoms with Crippen molar-refractivity contribution in [2.24, 2.45) is 0 Å². The fourth-order valence-electron chi connectivity index (χ4n) is 0.855. The van der Waals surface area contributed by atoms with Gasteiger partial charge in [-0.3, -0.25) is 5.32 Å². The van der Waals surface area contributed by atoms with E-state index in [2.05, 4.69) is 25.9 Å². The van der Waals surface area contributed by atoms with Gasteiger partial charge in [0.15, 0.2) is 0 Å². The Balaban J connectivity index is 2.19. The van der Waals surface area contributed by atoms with Crippen LogP contribution < -0.4 is 16.0 Å². The molecule has 0 aliphatic rings. The van der Waals surface area contributed by atoms with E-state index < -0.39 is 12.1 Å². The molecule has 0 saturated carbocycles. The van der Waals surface area contributed by atoms with Gasteiger partial charge in [-0.2, -0.15) is 0 Å². The number of carbonyl (C=O) groups is 2. The first-order chi connectivity index (χ1) is 7.68. The van der Waals surface area contributed by atoms with Crippen molar-refractivity contribution >= 4 is 18.1 Å². The normalized spacial score (nSPS) is 9.25. The summed E-state index contributed by atoms with van der Waals surface area (Å²) in [5.41, 5.74) is 0. The van der Waals surface area contributed by atoms with Crippen molar-refractivity contribution in [3.8, 4) is 0 Å². The van der Waals surface area contributed by atoms with Crippen molar-refractivity contribution in [3.63, 3.8) is 0 Å². The van der Waals surface area contributed by atoms with E-state index in [4.69, 9.17) is 5.11 Å². The maximum Gasteiger partial charge on any atom is 0.404 e. The molecular weight excluding hydrogens is 214 g/mol. The Bertz CT molecular complexity index is 356. The largest absolute Gasteiger partial charge is 0.465 e. The molecule has 0 aliphatic heterocycles. The highest BCUT2D eigenvalue weighted by Crippen LogP contribution is 1.92. The lowest BCUT2D eigenvalue weighted by atomic mass is 10.6. The number of hydrogen-bond donors (Lipinski definition) is 4. The van der Waals surface area contributed by atoms with Gasteiger partial charge >= 0.3 is 12.1 Å². The highest BCUT2D eigenvalue weighted by Gasteiger charge is 2.02. The molecule has 1 aromatic heterocycles. The Morgan fingerprint density at radius 3 is 2.44 bits per heavy atom. The monoisotopic (exact) mass is 225 g/mol. The third kappa shape index (κ3) is 4.74. The summed E-state index contributed by atoms with van der Waals surface area (Å²) < 4.78 is 0. The molecule has 0 atom stereocenters. The SMILES string of the molecule is O=C(O)NCCNC(=O)Nc1ncccn1. The minimum absolute atomic E-state index is 0.137. The lowest BCUT2D eigenvalue weighted by Crippen LogP contribution is -2.36. The molecule has 0 radical (unpaired) electrons. The van der Waals surface area contributed by atoms with E-state index in [0.717, 1.165) is 0 Å². The van der Waals surface area contributed by atoms with E-state index in [1.54, 1.807) is 6.07 Å². The van der Waals surface area contributed by atoms with E-state index in [-0.39, 0.29) is 19.0 Å². The Morgan fingerprint density at radius 1 is 1.19 bits per heavy atom. The predicted molar refractivity (Wildman–Crippen MR) is 55.1 cm³/mol. The van der Waals surface area contributed by atoms with E-state index in [9.17, 15) is 9.59 Å². The number of anilines is 1. The summed E-state index contributed by atoms with van der Waals surface area (Å²) in [6.45, 7) is 0.323. The fraction of sp³-hybridized carbons (Fsp3) is 0.250. The molecule has 0 unspecified atom stereocenters. The number of amides is 3. The molecule has 0 aliphatic carbocycles. The second-order valence-corrected chi connectivity index (χ2v) is 2.69. The van der Waals surface area contributed by atoms with Crippen LogP contribution >= 0.6 is 0 Å². The quantitative estimate of drug-likeness (QED) is 0.532. The summed E-state index contributed by atoms with van der Waals surface area (Å²) in [4.78, 5) is 28.8. The van der Waals surface area contributed by atoms with Gasteiger partial charge in [0.25, 0.3) is 0 Å². The Labute approximate surface area is 91.1 Å². The molecular formula is C8H11N5O3. The van der Waals surface area contributed by atoms with Crippen LogP contribution in [0.5, 0.6) is 0 Å². The highest BCUT2D eigenvalue weighted by atomic mass is 16.4. The molecule has 0 aromatic carbocycles. The number of aromatic nitrogens is 2. The first kappa shape index (κ1) is 11.7. The van der Waals surface area contributed by atoms with E-state index >= 15 is 0 Å². The maximum absolute atomic E-state index is 11.2. The van der Waals surface area contributed by atoms with Gasteiger partial charge in [0.1, 0.15) is 0 Å². The predicted octanol–water partition coefficient (Wildman–Crippen LogP) is -0.134. The molecule has 8 nitrogen and oxygen atoms in total. The zero-order valence-corrected chi connectivity index (χ0v) is 8.30. The van der Waals surface area contributed by atoms with Gasteiger partial charge in [0.05, 0.1) is 0 Å². The number of urea groups is 1. The van der Waals surface area contributed by atoms with E-state index in [0.29, 0.717) is 0 Å². The highest BCUT2D eigenvalue weighted by molar-refractivity contribution is 5.87. The Morgan fingerprint density at radius 2 is 1.81 bits per heavy atom. The summed E-state index contributed by atoms with van der Waals surface area (Å²) in [5.74, 6) is 0.186. The molecule has 0 spiro atoms. The van der Waals surface area contributed by atoms with Crippen LogP contribution in [0, 0.1) is 0 Å². The molecule has 0 bridgehead atoms. The second-order valence-electron chi connectivity index (χ2n) is 2.69. The summed E-state index contributed by atoms with van der Waals surface area (Å²) in [6, 6.07) is 1.14. The molecule has 1 rings (SSSR count). The van der Waals surface area contributed by atoms with Crippen LogP contribution in [-0.2, 0) is 0 Å². The third-order valence-electron chi connectivity index (χ3n) is 1.48. The fourth-order valence-corrected chi connectivity index (χ4v) is 0.855. The van der Waals surface area contributed by atoms with Gasteiger partial charge in [-0.15, -0.1) is 0 Å². The van der Waals surface area contributed by atoms with Crippen molar-refractivity contribution in [2.45, 2.75) is 0 Å². The van der Waals surface area contributed by atoms with Crippen molar-refractivity contribution in [1.29, 1.82) is 0 Å². The average molecular weight is 225 g/mol. The van der Waals surface area contributed by atoms with Crippen LogP contribution in [0.1, 0.15) is 0 Å². The van der Waals surface area contributed by atoms with Crippen molar-refractivity contribution < 1.29 is 14.7 Å². The molecule has 0 saturated heterocycles. The summed E-state index contributed by atoms with van der Waals surface area (Å²) >= 11 is 0. The zero-order valence-electron chi connectivity index (χ0n) is 8.30. The third-order valence-corrected chi connectivity index (χ3v) is 1.48. The Kier molecular flexibility index (Phi) is 4.51. The number of carboxylic acid groups (broad SMARTS) is 1. The van der Waals surface area contributed by atoms with E-state index in [1.165, 1.54) is 12.4 Å². The Hall–Kier alpha value is -2.38. The van der Waals surface area contributed by atoms with Crippen molar-refractivity contribution in [1.82, 2.24) is 20.6 Å². The summed E-state index contributed by atoms with van der Waals surface area (Å²) in [6.07, 6.45) is 1.86. The van der Waals surface area contributed by atoms with Crippen LogP contribution in [0.4, 0.5) is 15.5 Å². The molecule has 3 amide bonds. The first-order valence-electron chi connectivity index (χ1n) is 4.47. The standard InChI is InChI=1S/C8H11N5O3/c14-7(11-4-5-12-8(15)16)13-6-9-2-1-3-10-6/h1-3,12H,4-5H2,(H,15,16)(H2,9,10,11,13,14). The number of nitrogens with one attached hydrogen (secondary N) is 3. The average Bonchev–Trinajstić information content (AvgIpc) is 2.25. The number of hydrogen-bond acceptors (Lipinski definition) is 4. The minimum atomic E-state index is -1.13. The molecule has 86 valence electrons. The molecule has 1 heterocycles. The van der Waals surface area contributed by atoms with Gasteiger partial charge < -0.3 is 15.7 Å². The molecule has 8 heteroatoms. The van der Waals surface area contributed by atoms with Crippen LogP contribution in [0.15, 0.2) is 18.5 Å². The maximum atomic E-state index is 11.2. The lowest BCUT2D eigenvalue weighted by Gasteiger charge is -2.05. The van der Waals surface area contributed by atoms with Gasteiger partial charge in [-0.25, -0.2) is 19.6 Å². The molecule has 4 N–H and O–H groups in total.